The summed E-state index contributed by atoms with van der Waals surface area (Å²) in [6.45, 7) is 0. The van der Waals surface area contributed by atoms with Crippen molar-refractivity contribution in [1.29, 1.82) is 0 Å². The number of carboxylic acids is 1. The molecule has 7 heteroatoms. The van der Waals surface area contributed by atoms with Gasteiger partial charge in [-0.3, -0.25) is 4.79 Å². The van der Waals surface area contributed by atoms with Gasteiger partial charge in [0, 0.05) is 29.9 Å². The van der Waals surface area contributed by atoms with Crippen LogP contribution in [0.4, 0.5) is 10.1 Å². The van der Waals surface area contributed by atoms with Crippen LogP contribution in [0.2, 0.25) is 0 Å². The summed E-state index contributed by atoms with van der Waals surface area (Å²) in [6, 6.07) is 25.0. The smallest absolute Gasteiger partial charge is 0.335 e. The van der Waals surface area contributed by atoms with Gasteiger partial charge in [-0.05, 0) is 59.7 Å². The SMILES string of the molecule is O=C(/C=C\c1cn(-c2ccccc2)nc1C1(F)C=CC(c2ccccc2)=CC1)Nc1ccc(C(=O)O)cc1. The van der Waals surface area contributed by atoms with Crippen LogP contribution >= 0.6 is 0 Å². The van der Waals surface area contributed by atoms with Crippen molar-refractivity contribution in [3.8, 4) is 5.69 Å². The normalized spacial score (nSPS) is 16.8. The molecule has 1 aliphatic carbocycles. The molecule has 0 aliphatic heterocycles. The van der Waals surface area contributed by atoms with Gasteiger partial charge in [0.2, 0.25) is 5.91 Å². The molecule has 0 fully saturated rings. The zero-order chi connectivity index (χ0) is 26.5. The fourth-order valence-electron chi connectivity index (χ4n) is 4.23. The summed E-state index contributed by atoms with van der Waals surface area (Å²) in [4.78, 5) is 23.6. The Morgan fingerprint density at radius 3 is 2.29 bits per heavy atom. The Labute approximate surface area is 219 Å². The highest BCUT2D eigenvalue weighted by Crippen LogP contribution is 2.39. The lowest BCUT2D eigenvalue weighted by atomic mass is 9.87. The minimum atomic E-state index is -1.86. The van der Waals surface area contributed by atoms with Crippen LogP contribution in [0.3, 0.4) is 0 Å². The van der Waals surface area contributed by atoms with Crippen molar-refractivity contribution in [3.63, 3.8) is 0 Å². The highest BCUT2D eigenvalue weighted by atomic mass is 19.1. The van der Waals surface area contributed by atoms with Gasteiger partial charge in [-0.2, -0.15) is 5.10 Å². The number of hydrogen-bond donors (Lipinski definition) is 2. The van der Waals surface area contributed by atoms with E-state index in [2.05, 4.69) is 10.4 Å². The van der Waals surface area contributed by atoms with Crippen molar-refractivity contribution in [2.75, 3.05) is 5.32 Å². The Morgan fingerprint density at radius 1 is 0.974 bits per heavy atom. The van der Waals surface area contributed by atoms with Crippen LogP contribution in [0.1, 0.15) is 33.6 Å². The summed E-state index contributed by atoms with van der Waals surface area (Å²) < 4.78 is 18.0. The third-order valence-electron chi connectivity index (χ3n) is 6.22. The molecule has 0 bridgehead atoms. The number of halogens is 1. The molecule has 0 saturated carbocycles. The minimum absolute atomic E-state index is 0.0997. The monoisotopic (exact) mass is 505 g/mol. The van der Waals surface area contributed by atoms with Crippen LogP contribution in [0.5, 0.6) is 0 Å². The van der Waals surface area contributed by atoms with Crippen molar-refractivity contribution in [3.05, 3.63) is 138 Å². The van der Waals surface area contributed by atoms with Gasteiger partial charge >= 0.3 is 5.97 Å². The standard InChI is InChI=1S/C31H24FN3O3/c32-31(19-17-23(18-20-31)22-7-3-1-4-8-22)29-25(21-35(34-29)27-9-5-2-6-10-27)13-16-28(36)33-26-14-11-24(12-15-26)30(37)38/h1-19,21H,20H2,(H,33,36)(H,37,38)/b16-13-. The molecule has 5 rings (SSSR count). The topological polar surface area (TPSA) is 84.2 Å². The average Bonchev–Trinajstić information content (AvgIpc) is 3.39. The molecule has 1 unspecified atom stereocenters. The van der Waals surface area contributed by atoms with Crippen LogP contribution in [0.15, 0.2) is 115 Å². The van der Waals surface area contributed by atoms with Gasteiger partial charge in [0.25, 0.3) is 0 Å². The van der Waals surface area contributed by atoms with Crippen LogP contribution in [-0.2, 0) is 10.5 Å². The number of hydrogen-bond acceptors (Lipinski definition) is 3. The number of aromatic carboxylic acids is 1. The number of nitrogens with one attached hydrogen (secondary N) is 1. The summed E-state index contributed by atoms with van der Waals surface area (Å²) >= 11 is 0. The highest BCUT2D eigenvalue weighted by Gasteiger charge is 2.35. The van der Waals surface area contributed by atoms with Crippen LogP contribution in [0, 0.1) is 0 Å². The minimum Gasteiger partial charge on any atom is -0.478 e. The molecular weight excluding hydrogens is 481 g/mol. The quantitative estimate of drug-likeness (QED) is 0.284. The fraction of sp³-hybridized carbons (Fsp3) is 0.0645. The van der Waals surface area contributed by atoms with Gasteiger partial charge in [-0.15, -0.1) is 0 Å². The third kappa shape index (κ3) is 5.37. The maximum atomic E-state index is 16.4. The van der Waals surface area contributed by atoms with Gasteiger partial charge in [-0.1, -0.05) is 60.7 Å². The second kappa shape index (κ2) is 10.5. The maximum Gasteiger partial charge on any atom is 0.335 e. The largest absolute Gasteiger partial charge is 0.478 e. The predicted octanol–water partition coefficient (Wildman–Crippen LogP) is 6.43. The van der Waals surface area contributed by atoms with E-state index in [9.17, 15) is 9.59 Å². The number of carbonyl (C=O) groups is 2. The van der Waals surface area contributed by atoms with Gasteiger partial charge in [-0.25, -0.2) is 13.9 Å². The van der Waals surface area contributed by atoms with Crippen molar-refractivity contribution < 1.29 is 19.1 Å². The summed E-state index contributed by atoms with van der Waals surface area (Å²) in [5.41, 5.74) is 2.09. The number of carboxylic acid groups (broad SMARTS) is 1. The van der Waals surface area contributed by atoms with Gasteiger partial charge < -0.3 is 10.4 Å². The first-order valence-electron chi connectivity index (χ1n) is 12.0. The molecular formula is C31H24FN3O3. The molecule has 38 heavy (non-hydrogen) atoms. The van der Waals surface area contributed by atoms with E-state index < -0.39 is 17.5 Å². The molecule has 0 radical (unpaired) electrons. The van der Waals surface area contributed by atoms with Crippen LogP contribution in [0.25, 0.3) is 17.3 Å². The first-order valence-corrected chi connectivity index (χ1v) is 12.0. The maximum absolute atomic E-state index is 16.4. The highest BCUT2D eigenvalue weighted by molar-refractivity contribution is 6.02. The number of para-hydroxylation sites is 1. The zero-order valence-corrected chi connectivity index (χ0v) is 20.3. The molecule has 1 aromatic heterocycles. The molecule has 1 atom stereocenters. The third-order valence-corrected chi connectivity index (χ3v) is 6.22. The first kappa shape index (κ1) is 24.6. The summed E-state index contributed by atoms with van der Waals surface area (Å²) in [6.07, 6.45) is 9.79. The lowest BCUT2D eigenvalue weighted by Crippen LogP contribution is -2.20. The molecule has 6 nitrogen and oxygen atoms in total. The number of anilines is 1. The number of rotatable bonds is 7. The van der Waals surface area contributed by atoms with Gasteiger partial charge in [0.05, 0.1) is 11.3 Å². The number of amides is 1. The Balaban J connectivity index is 1.42. The molecule has 1 heterocycles. The number of nitrogens with zero attached hydrogens (tertiary/aromatic N) is 2. The van der Waals surface area contributed by atoms with Crippen molar-refractivity contribution >= 4 is 29.2 Å². The number of aromatic nitrogens is 2. The molecule has 3 aromatic carbocycles. The van der Waals surface area contributed by atoms with E-state index in [1.54, 1.807) is 17.0 Å². The molecule has 0 saturated heterocycles. The lowest BCUT2D eigenvalue weighted by molar-refractivity contribution is -0.111. The van der Waals surface area contributed by atoms with E-state index in [1.165, 1.54) is 42.5 Å². The zero-order valence-electron chi connectivity index (χ0n) is 20.3. The average molecular weight is 506 g/mol. The van der Waals surface area contributed by atoms with E-state index in [1.807, 2.05) is 66.7 Å². The summed E-state index contributed by atoms with van der Waals surface area (Å²) in [7, 11) is 0. The molecule has 1 amide bonds. The van der Waals surface area contributed by atoms with E-state index in [0.29, 0.717) is 11.3 Å². The molecule has 0 spiro atoms. The van der Waals surface area contributed by atoms with Gasteiger partial charge in [0.15, 0.2) is 5.67 Å². The van der Waals surface area contributed by atoms with Crippen LogP contribution < -0.4 is 5.32 Å². The fourth-order valence-corrected chi connectivity index (χ4v) is 4.23. The molecule has 188 valence electrons. The summed E-state index contributed by atoms with van der Waals surface area (Å²) in [5, 5.41) is 16.3. The van der Waals surface area contributed by atoms with Crippen molar-refractivity contribution in [1.82, 2.24) is 9.78 Å². The van der Waals surface area contributed by atoms with Crippen LogP contribution in [-0.4, -0.2) is 26.8 Å². The Kier molecular flexibility index (Phi) is 6.82. The Morgan fingerprint density at radius 2 is 1.66 bits per heavy atom. The predicted molar refractivity (Wildman–Crippen MR) is 146 cm³/mol. The first-order chi connectivity index (χ1) is 18.4. The number of allylic oxidation sites excluding steroid dienone is 4. The Bertz CT molecular complexity index is 1560. The molecule has 4 aromatic rings. The molecule has 2 N–H and O–H groups in total. The van der Waals surface area contributed by atoms with E-state index >= 15 is 4.39 Å². The van der Waals surface area contributed by atoms with E-state index in [-0.39, 0.29) is 17.7 Å². The Hall–Kier alpha value is -5.04. The second-order valence-electron chi connectivity index (χ2n) is 8.84. The van der Waals surface area contributed by atoms with Crippen molar-refractivity contribution in [2.45, 2.75) is 12.1 Å². The van der Waals surface area contributed by atoms with E-state index in [4.69, 9.17) is 5.11 Å². The lowest BCUT2D eigenvalue weighted by Gasteiger charge is -2.23. The summed E-state index contributed by atoms with van der Waals surface area (Å²) in [5.74, 6) is -1.49. The molecule has 1 aliphatic rings. The second-order valence-corrected chi connectivity index (χ2v) is 8.84. The number of benzene rings is 3. The van der Waals surface area contributed by atoms with E-state index in [0.717, 1.165) is 16.8 Å². The van der Waals surface area contributed by atoms with Crippen molar-refractivity contribution in [2.24, 2.45) is 0 Å². The van der Waals surface area contributed by atoms with Gasteiger partial charge in [0.1, 0.15) is 5.69 Å². The number of alkyl halides is 1. The number of carbonyl (C=O) groups excluding carboxylic acids is 1.